The van der Waals surface area contributed by atoms with Crippen LogP contribution in [0.4, 0.5) is 0 Å². The zero-order chi connectivity index (χ0) is 9.97. The van der Waals surface area contributed by atoms with Crippen LogP contribution < -0.4 is 5.32 Å². The minimum Gasteiger partial charge on any atom is -0.341 e. The predicted octanol–water partition coefficient (Wildman–Crippen LogP) is -0.488. The van der Waals surface area contributed by atoms with Gasteiger partial charge in [0.05, 0.1) is 6.04 Å². The Bertz CT molecular complexity index is 209. The lowest BCUT2D eigenvalue weighted by Crippen LogP contribution is -2.55. The number of nitrogens with one attached hydrogen (secondary N) is 1. The normalized spacial score (nSPS) is 25.6. The third kappa shape index (κ3) is 1.91. The summed E-state index contributed by atoms with van der Waals surface area (Å²) in [5.74, 6) is 0.318. The molecule has 2 aliphatic heterocycles. The molecule has 4 nitrogen and oxygen atoms in total. The molecule has 0 saturated carbocycles. The second-order valence-electron chi connectivity index (χ2n) is 4.14. The van der Waals surface area contributed by atoms with Crippen LogP contribution in [0.3, 0.4) is 0 Å². The maximum Gasteiger partial charge on any atom is 0.239 e. The molecule has 1 unspecified atom stereocenters. The van der Waals surface area contributed by atoms with E-state index in [1.807, 2.05) is 11.8 Å². The average Bonchev–Trinajstić information content (AvgIpc) is 2.15. The van der Waals surface area contributed by atoms with Crippen molar-refractivity contribution in [2.45, 2.75) is 19.4 Å². The molecule has 0 spiro atoms. The molecule has 0 bridgehead atoms. The number of piperazine rings is 1. The maximum atomic E-state index is 11.9. The molecule has 2 aliphatic rings. The number of hydrogen-bond donors (Lipinski definition) is 1. The Balaban J connectivity index is 1.85. The number of hydrogen-bond acceptors (Lipinski definition) is 3. The first-order chi connectivity index (χ1) is 6.79. The van der Waals surface area contributed by atoms with Gasteiger partial charge in [0.25, 0.3) is 0 Å². The standard InChI is InChI=1S/C10H19N3O/c1-9(10(14)13-5-2-6-13)12-7-3-11-4-8-12/h9,11H,2-8H2,1H3. The molecule has 0 aliphatic carbocycles. The molecule has 14 heavy (non-hydrogen) atoms. The highest BCUT2D eigenvalue weighted by Crippen LogP contribution is 2.11. The zero-order valence-electron chi connectivity index (χ0n) is 8.83. The number of carbonyl (C=O) groups is 1. The Morgan fingerprint density at radius 1 is 1.21 bits per heavy atom. The smallest absolute Gasteiger partial charge is 0.239 e. The average molecular weight is 197 g/mol. The number of nitrogens with zero attached hydrogens (tertiary/aromatic N) is 2. The van der Waals surface area contributed by atoms with Crippen LogP contribution in [0.5, 0.6) is 0 Å². The summed E-state index contributed by atoms with van der Waals surface area (Å²) in [6.07, 6.45) is 1.18. The van der Waals surface area contributed by atoms with Crippen molar-refractivity contribution in [2.24, 2.45) is 0 Å². The van der Waals surface area contributed by atoms with E-state index in [4.69, 9.17) is 0 Å². The monoisotopic (exact) mass is 197 g/mol. The number of likely N-dealkylation sites (tertiary alicyclic amines) is 1. The first-order valence-corrected chi connectivity index (χ1v) is 5.52. The molecule has 2 heterocycles. The molecule has 2 saturated heterocycles. The molecule has 2 fully saturated rings. The topological polar surface area (TPSA) is 35.6 Å². The third-order valence-corrected chi connectivity index (χ3v) is 3.22. The lowest BCUT2D eigenvalue weighted by Gasteiger charge is -2.38. The van der Waals surface area contributed by atoms with Gasteiger partial charge < -0.3 is 10.2 Å². The molecular weight excluding hydrogens is 178 g/mol. The van der Waals surface area contributed by atoms with Crippen LogP contribution in [-0.4, -0.2) is 61.0 Å². The lowest BCUT2D eigenvalue weighted by atomic mass is 10.1. The molecular formula is C10H19N3O. The van der Waals surface area contributed by atoms with Gasteiger partial charge in [0.15, 0.2) is 0 Å². The largest absolute Gasteiger partial charge is 0.341 e. The van der Waals surface area contributed by atoms with E-state index in [1.54, 1.807) is 0 Å². The Hall–Kier alpha value is -0.610. The van der Waals surface area contributed by atoms with Crippen LogP contribution in [0, 0.1) is 0 Å². The molecule has 0 radical (unpaired) electrons. The fraction of sp³-hybridized carbons (Fsp3) is 0.900. The van der Waals surface area contributed by atoms with E-state index in [9.17, 15) is 4.79 Å². The lowest BCUT2D eigenvalue weighted by molar-refractivity contribution is -0.140. The highest BCUT2D eigenvalue weighted by molar-refractivity contribution is 5.82. The predicted molar refractivity (Wildman–Crippen MR) is 55.1 cm³/mol. The van der Waals surface area contributed by atoms with Crippen LogP contribution in [-0.2, 0) is 4.79 Å². The van der Waals surface area contributed by atoms with Crippen LogP contribution in [0.2, 0.25) is 0 Å². The fourth-order valence-corrected chi connectivity index (χ4v) is 2.03. The summed E-state index contributed by atoms with van der Waals surface area (Å²) in [5, 5.41) is 3.30. The zero-order valence-corrected chi connectivity index (χ0v) is 8.83. The van der Waals surface area contributed by atoms with Crippen LogP contribution in [0.15, 0.2) is 0 Å². The Kier molecular flexibility index (Phi) is 3.03. The summed E-state index contributed by atoms with van der Waals surface area (Å²) in [6.45, 7) is 7.99. The number of carbonyl (C=O) groups excluding carboxylic acids is 1. The van der Waals surface area contributed by atoms with Crippen molar-refractivity contribution >= 4 is 5.91 Å². The van der Waals surface area contributed by atoms with Crippen molar-refractivity contribution in [3.8, 4) is 0 Å². The molecule has 1 N–H and O–H groups in total. The molecule has 80 valence electrons. The van der Waals surface area contributed by atoms with E-state index >= 15 is 0 Å². The van der Waals surface area contributed by atoms with E-state index in [2.05, 4.69) is 10.2 Å². The SMILES string of the molecule is CC(C(=O)N1CCC1)N1CCNCC1. The van der Waals surface area contributed by atoms with Gasteiger partial charge in [-0.15, -0.1) is 0 Å². The van der Waals surface area contributed by atoms with Gasteiger partial charge in [0.2, 0.25) is 5.91 Å². The minimum absolute atomic E-state index is 0.0809. The second kappa shape index (κ2) is 4.28. The summed E-state index contributed by atoms with van der Waals surface area (Å²) in [6, 6.07) is 0.0809. The molecule has 0 aromatic heterocycles. The first kappa shape index (κ1) is 9.93. The minimum atomic E-state index is 0.0809. The summed E-state index contributed by atoms with van der Waals surface area (Å²) in [7, 11) is 0. The van der Waals surface area contributed by atoms with Crippen LogP contribution in [0.1, 0.15) is 13.3 Å². The van der Waals surface area contributed by atoms with Crippen molar-refractivity contribution in [3.63, 3.8) is 0 Å². The van der Waals surface area contributed by atoms with Gasteiger partial charge in [-0.1, -0.05) is 0 Å². The van der Waals surface area contributed by atoms with E-state index in [0.717, 1.165) is 39.3 Å². The summed E-state index contributed by atoms with van der Waals surface area (Å²) in [5.41, 5.74) is 0. The Morgan fingerprint density at radius 2 is 1.86 bits per heavy atom. The van der Waals surface area contributed by atoms with E-state index in [-0.39, 0.29) is 6.04 Å². The summed E-state index contributed by atoms with van der Waals surface area (Å²) in [4.78, 5) is 16.1. The highest BCUT2D eigenvalue weighted by Gasteiger charge is 2.29. The Morgan fingerprint density at radius 3 is 2.36 bits per heavy atom. The van der Waals surface area contributed by atoms with Crippen LogP contribution in [0.25, 0.3) is 0 Å². The molecule has 0 aromatic rings. The second-order valence-corrected chi connectivity index (χ2v) is 4.14. The Labute approximate surface area is 85.2 Å². The summed E-state index contributed by atoms with van der Waals surface area (Å²) >= 11 is 0. The molecule has 4 heteroatoms. The third-order valence-electron chi connectivity index (χ3n) is 3.22. The highest BCUT2D eigenvalue weighted by atomic mass is 16.2. The van der Waals surface area contributed by atoms with E-state index in [1.165, 1.54) is 6.42 Å². The molecule has 2 rings (SSSR count). The van der Waals surface area contributed by atoms with Gasteiger partial charge in [-0.2, -0.15) is 0 Å². The van der Waals surface area contributed by atoms with Crippen molar-refractivity contribution in [3.05, 3.63) is 0 Å². The van der Waals surface area contributed by atoms with E-state index < -0.39 is 0 Å². The fourth-order valence-electron chi connectivity index (χ4n) is 2.03. The van der Waals surface area contributed by atoms with Crippen molar-refractivity contribution in [1.29, 1.82) is 0 Å². The van der Waals surface area contributed by atoms with Crippen molar-refractivity contribution in [1.82, 2.24) is 15.1 Å². The van der Waals surface area contributed by atoms with Gasteiger partial charge in [0, 0.05) is 39.3 Å². The van der Waals surface area contributed by atoms with Gasteiger partial charge in [-0.05, 0) is 13.3 Å². The molecule has 1 atom stereocenters. The van der Waals surface area contributed by atoms with Gasteiger partial charge >= 0.3 is 0 Å². The maximum absolute atomic E-state index is 11.9. The molecule has 0 aromatic carbocycles. The summed E-state index contributed by atoms with van der Waals surface area (Å²) < 4.78 is 0. The number of rotatable bonds is 2. The van der Waals surface area contributed by atoms with Gasteiger partial charge in [0.1, 0.15) is 0 Å². The van der Waals surface area contributed by atoms with Crippen molar-refractivity contribution in [2.75, 3.05) is 39.3 Å². The quantitative estimate of drug-likeness (QED) is 0.649. The van der Waals surface area contributed by atoms with Crippen LogP contribution >= 0.6 is 0 Å². The van der Waals surface area contributed by atoms with E-state index in [0.29, 0.717) is 5.91 Å². The number of amides is 1. The van der Waals surface area contributed by atoms with Gasteiger partial charge in [-0.3, -0.25) is 9.69 Å². The van der Waals surface area contributed by atoms with Gasteiger partial charge in [-0.25, -0.2) is 0 Å². The molecule has 1 amide bonds. The first-order valence-electron chi connectivity index (χ1n) is 5.52. The van der Waals surface area contributed by atoms with Crippen molar-refractivity contribution < 1.29 is 4.79 Å².